The highest BCUT2D eigenvalue weighted by Crippen LogP contribution is 2.17. The van der Waals surface area contributed by atoms with Crippen molar-refractivity contribution in [2.45, 2.75) is 33.2 Å². The lowest BCUT2D eigenvalue weighted by atomic mass is 10.0. The Morgan fingerprint density at radius 3 is 1.40 bits per heavy atom. The fraction of sp³-hybridized carbons (Fsp3) is 1.00. The standard InChI is InChI=1S/C8H20N.H2O/c1-7-9(5,6)8(2,3)4;/h7H2,1-6H3;1H2/q+1;/p-1. The van der Waals surface area contributed by atoms with Gasteiger partial charge in [0.15, 0.2) is 0 Å². The number of hydrogen-bond acceptors (Lipinski definition) is 1. The van der Waals surface area contributed by atoms with Gasteiger partial charge in [-0.2, -0.15) is 0 Å². The molecule has 0 heterocycles. The topological polar surface area (TPSA) is 30.0 Å². The van der Waals surface area contributed by atoms with Crippen molar-refractivity contribution in [3.8, 4) is 0 Å². The summed E-state index contributed by atoms with van der Waals surface area (Å²) >= 11 is 0. The molecule has 0 fully saturated rings. The van der Waals surface area contributed by atoms with Crippen LogP contribution in [0.2, 0.25) is 0 Å². The Labute approximate surface area is 64.7 Å². The molecule has 0 aliphatic carbocycles. The van der Waals surface area contributed by atoms with Crippen molar-refractivity contribution >= 4 is 0 Å². The van der Waals surface area contributed by atoms with Gasteiger partial charge >= 0.3 is 0 Å². The third-order valence-corrected chi connectivity index (χ3v) is 2.61. The molecule has 10 heavy (non-hydrogen) atoms. The van der Waals surface area contributed by atoms with Crippen LogP contribution in [0.5, 0.6) is 0 Å². The summed E-state index contributed by atoms with van der Waals surface area (Å²) in [6.45, 7) is 10.2. The van der Waals surface area contributed by atoms with Gasteiger partial charge in [0.1, 0.15) is 0 Å². The van der Waals surface area contributed by atoms with Crippen molar-refractivity contribution in [1.29, 1.82) is 0 Å². The van der Waals surface area contributed by atoms with Gasteiger partial charge in [-0.15, -0.1) is 0 Å². The summed E-state index contributed by atoms with van der Waals surface area (Å²) < 4.78 is 1.09. The monoisotopic (exact) mass is 147 g/mol. The van der Waals surface area contributed by atoms with Gasteiger partial charge in [-0.05, 0) is 27.7 Å². The van der Waals surface area contributed by atoms with E-state index in [9.17, 15) is 0 Å². The smallest absolute Gasteiger partial charge is 0.0903 e. The Kier molecular flexibility index (Phi) is 4.22. The van der Waals surface area contributed by atoms with E-state index in [1.54, 1.807) is 0 Å². The van der Waals surface area contributed by atoms with Gasteiger partial charge in [0.05, 0.1) is 26.2 Å². The normalized spacial score (nSPS) is 12.6. The quantitative estimate of drug-likeness (QED) is 0.519. The molecule has 0 spiro atoms. The molecule has 2 nitrogen and oxygen atoms in total. The number of hydrogen-bond donors (Lipinski definition) is 0. The van der Waals surface area contributed by atoms with E-state index >= 15 is 0 Å². The van der Waals surface area contributed by atoms with E-state index in [2.05, 4.69) is 41.8 Å². The Morgan fingerprint density at radius 1 is 1.10 bits per heavy atom. The zero-order valence-electron chi connectivity index (χ0n) is 8.10. The highest BCUT2D eigenvalue weighted by atomic mass is 16.0. The molecule has 0 aromatic rings. The van der Waals surface area contributed by atoms with Crippen LogP contribution >= 0.6 is 0 Å². The minimum atomic E-state index is 0. The van der Waals surface area contributed by atoms with E-state index in [-0.39, 0.29) is 5.48 Å². The SMILES string of the molecule is CC[N+](C)(C)C(C)(C)C.[OH-]. The van der Waals surface area contributed by atoms with Crippen LogP contribution in [0.3, 0.4) is 0 Å². The van der Waals surface area contributed by atoms with E-state index in [0.29, 0.717) is 5.54 Å². The maximum atomic E-state index is 2.27. The van der Waals surface area contributed by atoms with Crippen LogP contribution < -0.4 is 0 Å². The van der Waals surface area contributed by atoms with Crippen molar-refractivity contribution in [3.05, 3.63) is 0 Å². The van der Waals surface area contributed by atoms with E-state index in [0.717, 1.165) is 4.48 Å². The summed E-state index contributed by atoms with van der Waals surface area (Å²) in [6, 6.07) is 0. The molecule has 0 aliphatic heterocycles. The lowest BCUT2D eigenvalue weighted by Gasteiger charge is -2.41. The van der Waals surface area contributed by atoms with Crippen molar-refractivity contribution < 1.29 is 9.96 Å². The average Bonchev–Trinajstić information content (AvgIpc) is 1.64. The molecule has 0 bridgehead atoms. The first-order valence-corrected chi connectivity index (χ1v) is 3.64. The molecule has 1 N–H and O–H groups in total. The van der Waals surface area contributed by atoms with Crippen LogP contribution in [0.25, 0.3) is 0 Å². The largest absolute Gasteiger partial charge is 0.870 e. The maximum absolute atomic E-state index is 2.27. The summed E-state index contributed by atoms with van der Waals surface area (Å²) in [5.74, 6) is 0. The Balaban J connectivity index is 0. The van der Waals surface area contributed by atoms with Gasteiger partial charge in [-0.3, -0.25) is 0 Å². The molecule has 0 amide bonds. The first-order chi connectivity index (χ1) is 3.81. The molecule has 0 atom stereocenters. The fourth-order valence-corrected chi connectivity index (χ4v) is 0.474. The Hall–Kier alpha value is -0.0800. The Bertz CT molecular complexity index is 91.9. The summed E-state index contributed by atoms with van der Waals surface area (Å²) in [5, 5.41) is 0. The minimum Gasteiger partial charge on any atom is -0.870 e. The highest BCUT2D eigenvalue weighted by Gasteiger charge is 2.28. The van der Waals surface area contributed by atoms with Crippen LogP contribution in [-0.2, 0) is 0 Å². The zero-order valence-corrected chi connectivity index (χ0v) is 8.10. The molecule has 0 saturated carbocycles. The second-order valence-electron chi connectivity index (χ2n) is 4.17. The molecule has 0 saturated heterocycles. The highest BCUT2D eigenvalue weighted by molar-refractivity contribution is 4.58. The first-order valence-electron chi connectivity index (χ1n) is 3.64. The number of nitrogens with zero attached hydrogens (tertiary/aromatic N) is 1. The van der Waals surface area contributed by atoms with Crippen molar-refractivity contribution in [1.82, 2.24) is 0 Å². The van der Waals surface area contributed by atoms with E-state index in [4.69, 9.17) is 0 Å². The summed E-state index contributed by atoms with van der Waals surface area (Å²) in [4.78, 5) is 0. The molecule has 0 aromatic heterocycles. The number of rotatable bonds is 1. The van der Waals surface area contributed by atoms with E-state index < -0.39 is 0 Å². The lowest BCUT2D eigenvalue weighted by Crippen LogP contribution is -2.53. The van der Waals surface area contributed by atoms with Gasteiger partial charge in [0, 0.05) is 0 Å². The summed E-state index contributed by atoms with van der Waals surface area (Å²) in [7, 11) is 4.53. The van der Waals surface area contributed by atoms with Gasteiger partial charge in [0.2, 0.25) is 0 Å². The predicted molar refractivity (Wildman–Crippen MR) is 44.3 cm³/mol. The predicted octanol–water partition coefficient (Wildman–Crippen LogP) is 1.70. The molecule has 0 unspecified atom stereocenters. The molecular formula is C8H21NO. The van der Waals surface area contributed by atoms with Crippen LogP contribution in [0.15, 0.2) is 0 Å². The summed E-state index contributed by atoms with van der Waals surface area (Å²) in [6.07, 6.45) is 0. The van der Waals surface area contributed by atoms with Gasteiger partial charge in [0.25, 0.3) is 0 Å². The maximum Gasteiger partial charge on any atom is 0.0903 e. The van der Waals surface area contributed by atoms with Gasteiger partial charge in [-0.25, -0.2) is 0 Å². The third-order valence-electron chi connectivity index (χ3n) is 2.61. The van der Waals surface area contributed by atoms with Crippen LogP contribution in [0.4, 0.5) is 0 Å². The lowest BCUT2D eigenvalue weighted by molar-refractivity contribution is -0.934. The molecule has 0 aromatic carbocycles. The molecule has 2 heteroatoms. The number of quaternary nitrogens is 1. The molecule has 64 valence electrons. The minimum absolute atomic E-state index is 0. The molecule has 0 rings (SSSR count). The third kappa shape index (κ3) is 2.67. The fourth-order valence-electron chi connectivity index (χ4n) is 0.474. The zero-order chi connectivity index (χ0) is 7.71. The second-order valence-corrected chi connectivity index (χ2v) is 4.17. The average molecular weight is 147 g/mol. The van der Waals surface area contributed by atoms with E-state index in [1.165, 1.54) is 6.54 Å². The van der Waals surface area contributed by atoms with Crippen LogP contribution in [0.1, 0.15) is 27.7 Å². The molecular weight excluding hydrogens is 126 g/mol. The van der Waals surface area contributed by atoms with E-state index in [1.807, 2.05) is 0 Å². The molecule has 0 radical (unpaired) electrons. The van der Waals surface area contributed by atoms with Gasteiger partial charge < -0.3 is 9.96 Å². The van der Waals surface area contributed by atoms with Crippen molar-refractivity contribution in [2.24, 2.45) is 0 Å². The van der Waals surface area contributed by atoms with Crippen molar-refractivity contribution in [3.63, 3.8) is 0 Å². The van der Waals surface area contributed by atoms with Crippen LogP contribution in [-0.4, -0.2) is 36.1 Å². The second kappa shape index (κ2) is 3.35. The van der Waals surface area contributed by atoms with Crippen molar-refractivity contribution in [2.75, 3.05) is 20.6 Å². The first kappa shape index (κ1) is 12.6. The Morgan fingerprint density at radius 2 is 1.40 bits per heavy atom. The summed E-state index contributed by atoms with van der Waals surface area (Å²) in [5.41, 5.74) is 0.384. The van der Waals surface area contributed by atoms with Crippen LogP contribution in [0, 0.1) is 0 Å². The molecule has 0 aliphatic rings. The van der Waals surface area contributed by atoms with Gasteiger partial charge in [-0.1, -0.05) is 0 Å².